The van der Waals surface area contributed by atoms with Crippen molar-refractivity contribution in [3.05, 3.63) is 12.2 Å². The number of fused-ring (bicyclic) bond motifs is 7. The second-order valence-corrected chi connectivity index (χ2v) is 20.3. The second-order valence-electron chi connectivity index (χ2n) is 20.3. The van der Waals surface area contributed by atoms with Crippen LogP contribution in [0.4, 0.5) is 0 Å². The van der Waals surface area contributed by atoms with Crippen LogP contribution in [0.15, 0.2) is 12.2 Å². The van der Waals surface area contributed by atoms with Crippen LogP contribution in [0, 0.1) is 68.0 Å². The van der Waals surface area contributed by atoms with Gasteiger partial charge >= 0.3 is 11.9 Å². The number of carbonyl (C=O) groups excluding carboxylic acids is 1. The predicted octanol–water partition coefficient (Wildman–Crippen LogP) is 10.2. The molecule has 1 unspecified atom stereocenters. The fraction of sp³-hybridized carbons (Fsp3) is 0.907. The molecule has 0 aliphatic heterocycles. The van der Waals surface area contributed by atoms with Crippen LogP contribution in [0.5, 0.6) is 0 Å². The van der Waals surface area contributed by atoms with E-state index in [1.165, 1.54) is 95.8 Å². The average Bonchev–Trinajstić information content (AvgIpc) is 3.73. The first-order valence-corrected chi connectivity index (χ1v) is 20.2. The highest BCUT2D eigenvalue weighted by Gasteiger charge is 2.71. The van der Waals surface area contributed by atoms with Gasteiger partial charge in [0.25, 0.3) is 0 Å². The highest BCUT2D eigenvalue weighted by molar-refractivity contribution is 5.81. The first-order valence-electron chi connectivity index (χ1n) is 20.2. The van der Waals surface area contributed by atoms with E-state index in [1.807, 2.05) is 0 Å². The van der Waals surface area contributed by atoms with Crippen molar-refractivity contribution in [1.82, 2.24) is 4.90 Å². The molecule has 0 aromatic rings. The molecular weight excluding hydrogens is 594 g/mol. The fourth-order valence-electron chi connectivity index (χ4n) is 14.0. The smallest absolute Gasteiger partial charge is 0.309 e. The molecule has 6 aliphatic rings. The third-order valence-electron chi connectivity index (χ3n) is 17.2. The zero-order valence-corrected chi connectivity index (χ0v) is 32.4. The standard InChI is InChI=1S/C43H71NO4/c1-11-44(27-29-12-13-29)25-24-43-21-16-30(28(2)3)36(43)31-14-15-33-40(8)19-18-34(48-35(45)26-38(4,5)37(46)47)39(6,7)32(40)17-20-42(33,10)41(31,9)22-23-43/h29-34,36H,2,11-27H2,1,3-10H3,(H,46,47)/t30-,31+,32-,33+,34-,36+,40-,41+,42?,43+/m0/s1. The van der Waals surface area contributed by atoms with Gasteiger partial charge in [0.1, 0.15) is 6.10 Å². The van der Waals surface area contributed by atoms with Gasteiger partial charge in [-0.15, -0.1) is 0 Å². The molecule has 6 saturated carbocycles. The Hall–Kier alpha value is -1.36. The van der Waals surface area contributed by atoms with Gasteiger partial charge in [-0.05, 0) is 174 Å². The lowest BCUT2D eigenvalue weighted by atomic mass is 9.32. The van der Waals surface area contributed by atoms with Gasteiger partial charge in [0.15, 0.2) is 0 Å². The zero-order chi connectivity index (χ0) is 35.1. The summed E-state index contributed by atoms with van der Waals surface area (Å²) in [4.78, 5) is 27.6. The third kappa shape index (κ3) is 5.75. The molecule has 6 rings (SSSR count). The molecule has 0 amide bonds. The molecular formula is C43H71NO4. The molecule has 6 aliphatic carbocycles. The van der Waals surface area contributed by atoms with Gasteiger partial charge in [0.05, 0.1) is 11.8 Å². The molecule has 0 heterocycles. The number of hydrogen-bond donors (Lipinski definition) is 1. The number of allylic oxidation sites excluding steroid dienone is 1. The van der Waals surface area contributed by atoms with Crippen LogP contribution in [-0.2, 0) is 14.3 Å². The van der Waals surface area contributed by atoms with Gasteiger partial charge in [-0.2, -0.15) is 0 Å². The van der Waals surface area contributed by atoms with E-state index in [0.29, 0.717) is 34.0 Å². The summed E-state index contributed by atoms with van der Waals surface area (Å²) in [5.74, 6) is 3.05. The Bertz CT molecular complexity index is 1270. The van der Waals surface area contributed by atoms with Gasteiger partial charge in [0.2, 0.25) is 0 Å². The number of ether oxygens (including phenoxy) is 1. The number of carbonyl (C=O) groups is 2. The minimum absolute atomic E-state index is 0.0812. The minimum Gasteiger partial charge on any atom is -0.481 e. The lowest BCUT2D eigenvalue weighted by molar-refractivity contribution is -0.250. The number of carboxylic acids is 1. The van der Waals surface area contributed by atoms with E-state index in [-0.39, 0.29) is 29.3 Å². The molecule has 272 valence electrons. The zero-order valence-electron chi connectivity index (χ0n) is 32.4. The van der Waals surface area contributed by atoms with Gasteiger partial charge in [-0.1, -0.05) is 53.7 Å². The highest BCUT2D eigenvalue weighted by atomic mass is 16.5. The van der Waals surface area contributed by atoms with Crippen molar-refractivity contribution in [3.63, 3.8) is 0 Å². The fourth-order valence-corrected chi connectivity index (χ4v) is 14.0. The first kappa shape index (κ1) is 36.4. The van der Waals surface area contributed by atoms with E-state index in [1.54, 1.807) is 13.8 Å². The number of aliphatic carboxylic acids is 1. The predicted molar refractivity (Wildman–Crippen MR) is 194 cm³/mol. The molecule has 5 heteroatoms. The van der Waals surface area contributed by atoms with Crippen LogP contribution in [0.25, 0.3) is 0 Å². The maximum atomic E-state index is 13.1. The van der Waals surface area contributed by atoms with E-state index >= 15 is 0 Å². The Kier molecular flexibility index (Phi) is 9.41. The van der Waals surface area contributed by atoms with Crippen LogP contribution < -0.4 is 0 Å². The Morgan fingerprint density at radius 3 is 2.21 bits per heavy atom. The molecule has 1 N–H and O–H groups in total. The molecule has 0 radical (unpaired) electrons. The average molecular weight is 666 g/mol. The van der Waals surface area contributed by atoms with E-state index in [2.05, 4.69) is 59.9 Å². The molecule has 0 spiro atoms. The number of esters is 1. The van der Waals surface area contributed by atoms with Crippen molar-refractivity contribution in [1.29, 1.82) is 0 Å². The highest BCUT2D eigenvalue weighted by Crippen LogP contribution is 2.78. The van der Waals surface area contributed by atoms with Crippen LogP contribution >= 0.6 is 0 Å². The lowest BCUT2D eigenvalue weighted by Gasteiger charge is -2.73. The van der Waals surface area contributed by atoms with Crippen molar-refractivity contribution in [2.75, 3.05) is 19.6 Å². The second kappa shape index (κ2) is 12.4. The van der Waals surface area contributed by atoms with Crippen LogP contribution in [0.2, 0.25) is 0 Å². The number of carboxylic acid groups (broad SMARTS) is 1. The van der Waals surface area contributed by atoms with Crippen molar-refractivity contribution in [3.8, 4) is 0 Å². The van der Waals surface area contributed by atoms with Crippen molar-refractivity contribution in [2.45, 2.75) is 158 Å². The molecule has 0 bridgehead atoms. The summed E-state index contributed by atoms with van der Waals surface area (Å²) in [6.07, 6.45) is 16.7. The summed E-state index contributed by atoms with van der Waals surface area (Å²) < 4.78 is 6.20. The Balaban J connectivity index is 1.23. The largest absolute Gasteiger partial charge is 0.481 e. The Morgan fingerprint density at radius 2 is 1.58 bits per heavy atom. The SMILES string of the molecule is C=C(C)[C@@H]1CC[C@]2(CCN(CC)CC3CC3)CC[C@]3(C)[C@H](CC[C@H]4C3(C)CC[C@H]3C(C)(C)[C@@H](OC(=O)CC(C)(C)C(=O)O)CC[C@@]34C)[C@@H]12. The van der Waals surface area contributed by atoms with E-state index < -0.39 is 11.4 Å². The molecule has 48 heavy (non-hydrogen) atoms. The maximum Gasteiger partial charge on any atom is 0.309 e. The minimum atomic E-state index is -1.11. The number of rotatable bonds is 11. The Labute approximate surface area is 293 Å². The maximum absolute atomic E-state index is 13.1. The van der Waals surface area contributed by atoms with Gasteiger partial charge < -0.3 is 14.7 Å². The summed E-state index contributed by atoms with van der Waals surface area (Å²) in [6.45, 7) is 29.2. The summed E-state index contributed by atoms with van der Waals surface area (Å²) in [7, 11) is 0. The summed E-state index contributed by atoms with van der Waals surface area (Å²) in [5, 5.41) is 9.61. The van der Waals surface area contributed by atoms with E-state index in [0.717, 1.165) is 30.6 Å². The van der Waals surface area contributed by atoms with Crippen LogP contribution in [0.3, 0.4) is 0 Å². The molecule has 6 fully saturated rings. The molecule has 5 nitrogen and oxygen atoms in total. The van der Waals surface area contributed by atoms with Crippen LogP contribution in [-0.4, -0.2) is 47.7 Å². The molecule has 0 saturated heterocycles. The van der Waals surface area contributed by atoms with E-state index in [4.69, 9.17) is 4.74 Å². The quantitative estimate of drug-likeness (QED) is 0.176. The third-order valence-corrected chi connectivity index (χ3v) is 17.2. The molecule has 0 aromatic heterocycles. The van der Waals surface area contributed by atoms with Crippen molar-refractivity contribution >= 4 is 11.9 Å². The molecule has 0 aromatic carbocycles. The topological polar surface area (TPSA) is 66.8 Å². The molecule has 10 atom stereocenters. The van der Waals surface area contributed by atoms with Gasteiger partial charge in [0, 0.05) is 12.0 Å². The number of nitrogens with zero attached hydrogens (tertiary/aromatic N) is 1. The van der Waals surface area contributed by atoms with Crippen LogP contribution in [0.1, 0.15) is 152 Å². The summed E-state index contributed by atoms with van der Waals surface area (Å²) in [6, 6.07) is 0. The lowest BCUT2D eigenvalue weighted by Crippen LogP contribution is -2.66. The van der Waals surface area contributed by atoms with Crippen molar-refractivity contribution in [2.24, 2.45) is 68.0 Å². The Morgan fingerprint density at radius 1 is 0.875 bits per heavy atom. The van der Waals surface area contributed by atoms with Gasteiger partial charge in [-0.3, -0.25) is 9.59 Å². The number of hydrogen-bond acceptors (Lipinski definition) is 4. The van der Waals surface area contributed by atoms with Gasteiger partial charge in [-0.25, -0.2) is 0 Å². The summed E-state index contributed by atoms with van der Waals surface area (Å²) >= 11 is 0. The van der Waals surface area contributed by atoms with Crippen molar-refractivity contribution < 1.29 is 19.4 Å². The first-order chi connectivity index (χ1) is 22.3. The normalized spacial score (nSPS) is 43.5. The monoisotopic (exact) mass is 666 g/mol. The van der Waals surface area contributed by atoms with E-state index in [9.17, 15) is 14.7 Å². The summed E-state index contributed by atoms with van der Waals surface area (Å²) in [5.41, 5.74) is 1.54.